The summed E-state index contributed by atoms with van der Waals surface area (Å²) in [6, 6.07) is 7.30. The molecule has 0 unspecified atom stereocenters. The fraction of sp³-hybridized carbons (Fsp3) is 0.0625. The van der Waals surface area contributed by atoms with E-state index in [9.17, 15) is 14.4 Å². The van der Waals surface area contributed by atoms with Crippen LogP contribution in [0.5, 0.6) is 0 Å². The Morgan fingerprint density at radius 3 is 2.88 bits per heavy atom. The molecule has 122 valence electrons. The number of terminal acetylenes is 1. The van der Waals surface area contributed by atoms with Crippen molar-refractivity contribution in [2.75, 3.05) is 11.1 Å². The third-order valence-corrected chi connectivity index (χ3v) is 3.48. The van der Waals surface area contributed by atoms with Gasteiger partial charge >= 0.3 is 5.69 Å². The third-order valence-electron chi connectivity index (χ3n) is 2.99. The molecule has 4 N–H and O–H groups in total. The van der Waals surface area contributed by atoms with Crippen LogP contribution in [0.25, 0.3) is 6.08 Å². The number of nitrogens with zero attached hydrogens (tertiary/aromatic N) is 1. The molecule has 0 aliphatic carbocycles. The van der Waals surface area contributed by atoms with E-state index in [1.165, 1.54) is 6.08 Å². The van der Waals surface area contributed by atoms with E-state index in [2.05, 4.69) is 32.2 Å². The number of carbonyl (C=O) groups is 1. The van der Waals surface area contributed by atoms with Crippen molar-refractivity contribution in [3.8, 4) is 12.3 Å². The van der Waals surface area contributed by atoms with E-state index in [4.69, 9.17) is 12.2 Å². The van der Waals surface area contributed by atoms with Crippen molar-refractivity contribution >= 4 is 39.4 Å². The van der Waals surface area contributed by atoms with Crippen molar-refractivity contribution in [2.24, 2.45) is 0 Å². The second-order valence-corrected chi connectivity index (χ2v) is 5.61. The van der Waals surface area contributed by atoms with Crippen molar-refractivity contribution in [2.45, 2.75) is 6.54 Å². The Kier molecular flexibility index (Phi) is 5.39. The van der Waals surface area contributed by atoms with Gasteiger partial charge in [-0.05, 0) is 23.8 Å². The van der Waals surface area contributed by atoms with Crippen LogP contribution in [-0.2, 0) is 11.3 Å². The molecule has 0 radical (unpaired) electrons. The number of nitrogens with one attached hydrogen (secondary N) is 2. The molecular formula is C16H13BrN4O3. The number of aromatic amines is 1. The van der Waals surface area contributed by atoms with Crippen molar-refractivity contribution in [1.82, 2.24) is 9.55 Å². The zero-order chi connectivity index (χ0) is 17.7. The fourth-order valence-electron chi connectivity index (χ4n) is 1.89. The Balaban J connectivity index is 2.26. The Hall–Kier alpha value is -3.05. The summed E-state index contributed by atoms with van der Waals surface area (Å²) < 4.78 is 1.64. The first-order valence-corrected chi connectivity index (χ1v) is 7.52. The molecule has 0 saturated carbocycles. The second-order valence-electron chi connectivity index (χ2n) is 4.69. The maximum Gasteiger partial charge on any atom is 0.330 e. The van der Waals surface area contributed by atoms with Gasteiger partial charge in [0.1, 0.15) is 11.5 Å². The second kappa shape index (κ2) is 7.48. The maximum absolute atomic E-state index is 12.2. The smallest absolute Gasteiger partial charge is 0.330 e. The summed E-state index contributed by atoms with van der Waals surface area (Å²) in [5.41, 5.74) is 4.66. The van der Waals surface area contributed by atoms with E-state index in [-0.39, 0.29) is 18.1 Å². The van der Waals surface area contributed by atoms with Gasteiger partial charge in [0, 0.05) is 10.5 Å². The van der Waals surface area contributed by atoms with E-state index < -0.39 is 17.2 Å². The highest BCUT2D eigenvalue weighted by Crippen LogP contribution is 2.13. The van der Waals surface area contributed by atoms with Gasteiger partial charge in [-0.2, -0.15) is 0 Å². The number of rotatable bonds is 4. The van der Waals surface area contributed by atoms with Gasteiger partial charge in [-0.15, -0.1) is 6.42 Å². The molecule has 2 aromatic rings. The molecule has 0 fully saturated rings. The maximum atomic E-state index is 12.2. The largest absolute Gasteiger partial charge is 0.383 e. The highest BCUT2D eigenvalue weighted by molar-refractivity contribution is 9.10. The van der Waals surface area contributed by atoms with E-state index in [0.29, 0.717) is 0 Å². The Morgan fingerprint density at radius 1 is 1.46 bits per heavy atom. The first-order chi connectivity index (χ1) is 11.4. The van der Waals surface area contributed by atoms with Crippen molar-refractivity contribution < 1.29 is 4.79 Å². The zero-order valence-corrected chi connectivity index (χ0v) is 14.0. The van der Waals surface area contributed by atoms with E-state index >= 15 is 0 Å². The number of nitrogen functional groups attached to an aromatic ring is 1. The van der Waals surface area contributed by atoms with Gasteiger partial charge in [-0.25, -0.2) is 9.36 Å². The average Bonchev–Trinajstić information content (AvgIpc) is 2.53. The van der Waals surface area contributed by atoms with Crippen molar-refractivity contribution in [3.63, 3.8) is 0 Å². The number of carbonyl (C=O) groups excluding carboxylic acids is 1. The third kappa shape index (κ3) is 4.02. The van der Waals surface area contributed by atoms with Gasteiger partial charge < -0.3 is 11.1 Å². The van der Waals surface area contributed by atoms with E-state index in [1.807, 2.05) is 24.3 Å². The van der Waals surface area contributed by atoms with Crippen LogP contribution in [0, 0.1) is 12.3 Å². The van der Waals surface area contributed by atoms with Crippen LogP contribution in [0.3, 0.4) is 0 Å². The molecule has 0 bridgehead atoms. The van der Waals surface area contributed by atoms with E-state index in [1.54, 1.807) is 6.08 Å². The lowest BCUT2D eigenvalue weighted by Gasteiger charge is -2.08. The lowest BCUT2D eigenvalue weighted by atomic mass is 10.2. The summed E-state index contributed by atoms with van der Waals surface area (Å²) in [6.07, 6.45) is 7.93. The molecule has 1 aromatic heterocycles. The number of nitrogens with two attached hydrogens (primary N) is 1. The van der Waals surface area contributed by atoms with Gasteiger partial charge in [-0.3, -0.25) is 14.6 Å². The van der Waals surface area contributed by atoms with E-state index in [0.717, 1.165) is 14.6 Å². The molecule has 0 aliphatic rings. The number of aromatic nitrogens is 2. The Morgan fingerprint density at radius 2 is 2.21 bits per heavy atom. The Labute approximate surface area is 145 Å². The number of halogens is 1. The molecule has 8 heteroatoms. The van der Waals surface area contributed by atoms with Gasteiger partial charge in [-0.1, -0.05) is 34.0 Å². The lowest BCUT2D eigenvalue weighted by molar-refractivity contribution is -0.111. The number of hydrogen-bond donors (Lipinski definition) is 3. The minimum absolute atomic E-state index is 0.228. The molecule has 1 aromatic carbocycles. The number of amides is 1. The lowest BCUT2D eigenvalue weighted by Crippen LogP contribution is -2.37. The summed E-state index contributed by atoms with van der Waals surface area (Å²) in [6.45, 7) is -0.231. The molecule has 7 nitrogen and oxygen atoms in total. The SMILES string of the molecule is C#CCn1c(=O)[nH]c(N)c(NC(=O)/C=C/c2cccc(Br)c2)c1=O. The van der Waals surface area contributed by atoms with Crippen LogP contribution in [-0.4, -0.2) is 15.5 Å². The summed E-state index contributed by atoms with van der Waals surface area (Å²) in [5.74, 6) is 1.38. The van der Waals surface area contributed by atoms with Gasteiger partial charge in [0.25, 0.3) is 5.56 Å². The summed E-state index contributed by atoms with van der Waals surface area (Å²) in [4.78, 5) is 38.1. The van der Waals surface area contributed by atoms with Crippen LogP contribution in [0.1, 0.15) is 5.56 Å². The highest BCUT2D eigenvalue weighted by atomic mass is 79.9. The first kappa shape index (κ1) is 17.3. The Bertz CT molecular complexity index is 967. The van der Waals surface area contributed by atoms with Crippen LogP contribution in [0.4, 0.5) is 11.5 Å². The van der Waals surface area contributed by atoms with Crippen LogP contribution >= 0.6 is 15.9 Å². The average molecular weight is 389 g/mol. The normalized spacial score (nSPS) is 10.5. The minimum Gasteiger partial charge on any atom is -0.383 e. The molecule has 2 rings (SSSR count). The molecule has 0 atom stereocenters. The predicted molar refractivity (Wildman–Crippen MR) is 96.4 cm³/mol. The number of benzene rings is 1. The zero-order valence-electron chi connectivity index (χ0n) is 12.4. The topological polar surface area (TPSA) is 110 Å². The summed E-state index contributed by atoms with van der Waals surface area (Å²) in [5, 5.41) is 2.35. The fourth-order valence-corrected chi connectivity index (χ4v) is 2.31. The number of H-pyrrole nitrogens is 1. The van der Waals surface area contributed by atoms with Gasteiger partial charge in [0.05, 0.1) is 6.54 Å². The molecular weight excluding hydrogens is 376 g/mol. The van der Waals surface area contributed by atoms with Crippen molar-refractivity contribution in [1.29, 1.82) is 0 Å². The van der Waals surface area contributed by atoms with Gasteiger partial charge in [0.2, 0.25) is 5.91 Å². The quantitative estimate of drug-likeness (QED) is 0.539. The first-order valence-electron chi connectivity index (χ1n) is 6.73. The highest BCUT2D eigenvalue weighted by Gasteiger charge is 2.13. The summed E-state index contributed by atoms with van der Waals surface area (Å²) >= 11 is 3.33. The van der Waals surface area contributed by atoms with Crippen LogP contribution < -0.4 is 22.3 Å². The standard InChI is InChI=1S/C16H13BrN4O3/c1-2-8-21-15(23)13(14(18)20-16(21)24)19-12(22)7-6-10-4-3-5-11(17)9-10/h1,3-7,9H,8,18H2,(H,19,22)(H,20,24)/b7-6+. The molecule has 0 spiro atoms. The monoisotopic (exact) mass is 388 g/mol. The van der Waals surface area contributed by atoms with Gasteiger partial charge in [0.15, 0.2) is 0 Å². The molecule has 1 heterocycles. The van der Waals surface area contributed by atoms with Crippen LogP contribution in [0.2, 0.25) is 0 Å². The molecule has 1 amide bonds. The molecule has 24 heavy (non-hydrogen) atoms. The summed E-state index contributed by atoms with van der Waals surface area (Å²) in [7, 11) is 0. The molecule has 0 aliphatic heterocycles. The number of anilines is 2. The van der Waals surface area contributed by atoms with Crippen LogP contribution in [0.15, 0.2) is 44.4 Å². The predicted octanol–water partition coefficient (Wildman–Crippen LogP) is 1.17. The minimum atomic E-state index is -0.765. The van der Waals surface area contributed by atoms with Crippen molar-refractivity contribution in [3.05, 3.63) is 61.2 Å². The molecule has 0 saturated heterocycles. The number of hydrogen-bond acceptors (Lipinski definition) is 4.